The molecular formula is C16H17N3O3S. The van der Waals surface area contributed by atoms with Crippen LogP contribution < -0.4 is 4.72 Å². The molecule has 0 bridgehead atoms. The van der Waals surface area contributed by atoms with Crippen molar-refractivity contribution in [3.05, 3.63) is 53.1 Å². The van der Waals surface area contributed by atoms with Crippen molar-refractivity contribution in [1.29, 1.82) is 0 Å². The topological polar surface area (TPSA) is 85.1 Å². The van der Waals surface area contributed by atoms with Gasteiger partial charge in [0.2, 0.25) is 10.0 Å². The zero-order chi connectivity index (χ0) is 16.6. The molecule has 0 saturated heterocycles. The number of aromatic nitrogens is 2. The molecule has 0 aliphatic rings. The van der Waals surface area contributed by atoms with Gasteiger partial charge in [-0.3, -0.25) is 0 Å². The fourth-order valence-electron chi connectivity index (χ4n) is 2.40. The highest BCUT2D eigenvalue weighted by Gasteiger charge is 2.23. The van der Waals surface area contributed by atoms with E-state index in [-0.39, 0.29) is 16.5 Å². The Balaban J connectivity index is 1.94. The zero-order valence-electron chi connectivity index (χ0n) is 13.1. The molecule has 0 unspecified atom stereocenters. The van der Waals surface area contributed by atoms with Gasteiger partial charge in [-0.1, -0.05) is 24.3 Å². The van der Waals surface area contributed by atoms with Crippen LogP contribution in [0.1, 0.15) is 29.7 Å². The molecule has 0 radical (unpaired) electrons. The smallest absolute Gasteiger partial charge is 0.243 e. The van der Waals surface area contributed by atoms with Crippen LogP contribution in [0, 0.1) is 13.8 Å². The molecule has 3 rings (SSSR count). The summed E-state index contributed by atoms with van der Waals surface area (Å²) in [7, 11) is -3.74. The predicted octanol–water partition coefficient (Wildman–Crippen LogP) is 2.88. The Morgan fingerprint density at radius 2 is 1.87 bits per heavy atom. The molecule has 23 heavy (non-hydrogen) atoms. The first kappa shape index (κ1) is 15.6. The lowest BCUT2D eigenvalue weighted by Crippen LogP contribution is -2.27. The van der Waals surface area contributed by atoms with E-state index in [0.717, 1.165) is 11.1 Å². The Morgan fingerprint density at radius 1 is 1.09 bits per heavy atom. The van der Waals surface area contributed by atoms with E-state index >= 15 is 0 Å². The summed E-state index contributed by atoms with van der Waals surface area (Å²) >= 11 is 0. The number of aryl methyl sites for hydroxylation is 2. The lowest BCUT2D eigenvalue weighted by atomic mass is 10.0. The van der Waals surface area contributed by atoms with Crippen molar-refractivity contribution in [3.63, 3.8) is 0 Å². The summed E-state index contributed by atoms with van der Waals surface area (Å²) in [5.41, 5.74) is 3.83. The average molecular weight is 331 g/mol. The van der Waals surface area contributed by atoms with E-state index in [1.807, 2.05) is 39.0 Å². The van der Waals surface area contributed by atoms with Gasteiger partial charge < -0.3 is 0 Å². The summed E-state index contributed by atoms with van der Waals surface area (Å²) < 4.78 is 32.6. The largest absolute Gasteiger partial charge is 0.243 e. The Kier molecular flexibility index (Phi) is 3.91. The van der Waals surface area contributed by atoms with Crippen molar-refractivity contribution in [2.24, 2.45) is 0 Å². The summed E-state index contributed by atoms with van der Waals surface area (Å²) in [6.45, 7) is 5.83. The van der Waals surface area contributed by atoms with Crippen LogP contribution in [-0.4, -0.2) is 18.7 Å². The summed E-state index contributed by atoms with van der Waals surface area (Å²) in [6, 6.07) is 10.3. The van der Waals surface area contributed by atoms with Gasteiger partial charge in [-0.25, -0.2) is 17.8 Å². The number of nitrogens with one attached hydrogen (secondary N) is 1. The first-order chi connectivity index (χ1) is 10.9. The van der Waals surface area contributed by atoms with Crippen LogP contribution in [-0.2, 0) is 10.0 Å². The van der Waals surface area contributed by atoms with Crippen molar-refractivity contribution in [2.45, 2.75) is 31.7 Å². The number of sulfonamides is 1. The molecule has 1 aromatic heterocycles. The predicted molar refractivity (Wildman–Crippen MR) is 86.5 cm³/mol. The quantitative estimate of drug-likeness (QED) is 0.794. The van der Waals surface area contributed by atoms with E-state index in [0.29, 0.717) is 5.52 Å². The van der Waals surface area contributed by atoms with E-state index < -0.39 is 10.0 Å². The second kappa shape index (κ2) is 5.75. The molecule has 0 fully saturated rings. The maximum atomic E-state index is 12.7. The van der Waals surface area contributed by atoms with Crippen molar-refractivity contribution in [2.75, 3.05) is 0 Å². The number of nitrogens with zero attached hydrogens (tertiary/aromatic N) is 2. The molecule has 0 saturated carbocycles. The number of benzene rings is 2. The molecular weight excluding hydrogens is 314 g/mol. The Labute approximate surface area is 134 Å². The summed E-state index contributed by atoms with van der Waals surface area (Å²) in [5.74, 6) is 0. The summed E-state index contributed by atoms with van der Waals surface area (Å²) in [6.07, 6.45) is 0. The molecule has 0 aliphatic heterocycles. The SMILES string of the molecule is Cc1ccc([C@@H](C)NS(=O)(=O)c2cccc3nonc23)cc1C. The van der Waals surface area contributed by atoms with Gasteiger partial charge in [0.05, 0.1) is 0 Å². The van der Waals surface area contributed by atoms with Gasteiger partial charge >= 0.3 is 0 Å². The standard InChI is InChI=1S/C16H17N3O3S/c1-10-7-8-13(9-11(10)2)12(3)19-23(20,21)15-6-4-5-14-16(15)18-22-17-14/h4-9,12,19H,1-3H3/t12-/m1/s1. The number of hydrogen-bond donors (Lipinski definition) is 1. The van der Waals surface area contributed by atoms with E-state index in [9.17, 15) is 8.42 Å². The molecule has 2 aromatic carbocycles. The van der Waals surface area contributed by atoms with Crippen LogP contribution in [0.15, 0.2) is 45.9 Å². The zero-order valence-corrected chi connectivity index (χ0v) is 13.9. The second-order valence-corrected chi connectivity index (χ2v) is 7.26. The number of rotatable bonds is 4. The van der Waals surface area contributed by atoms with Crippen molar-refractivity contribution < 1.29 is 13.0 Å². The maximum absolute atomic E-state index is 12.7. The molecule has 1 N–H and O–H groups in total. The second-order valence-electron chi connectivity index (χ2n) is 5.57. The van der Waals surface area contributed by atoms with Crippen LogP contribution in [0.25, 0.3) is 11.0 Å². The van der Waals surface area contributed by atoms with Gasteiger partial charge in [-0.15, -0.1) is 0 Å². The molecule has 120 valence electrons. The Hall–Kier alpha value is -2.25. The van der Waals surface area contributed by atoms with Crippen LogP contribution in [0.3, 0.4) is 0 Å². The Morgan fingerprint density at radius 3 is 2.61 bits per heavy atom. The summed E-state index contributed by atoms with van der Waals surface area (Å²) in [5, 5.41) is 7.36. The Bertz CT molecular complexity index is 964. The molecule has 0 amide bonds. The highest BCUT2D eigenvalue weighted by Crippen LogP contribution is 2.23. The lowest BCUT2D eigenvalue weighted by molar-refractivity contribution is 0.315. The van der Waals surface area contributed by atoms with E-state index in [4.69, 9.17) is 0 Å². The van der Waals surface area contributed by atoms with Crippen molar-refractivity contribution >= 4 is 21.1 Å². The molecule has 6 nitrogen and oxygen atoms in total. The molecule has 1 atom stereocenters. The molecule has 0 spiro atoms. The fourth-order valence-corrected chi connectivity index (χ4v) is 3.78. The minimum atomic E-state index is -3.74. The minimum Gasteiger partial charge on any atom is -0.243 e. The van der Waals surface area contributed by atoms with Gasteiger partial charge in [0.1, 0.15) is 10.4 Å². The molecule has 7 heteroatoms. The van der Waals surface area contributed by atoms with Gasteiger partial charge in [0.25, 0.3) is 0 Å². The number of fused-ring (bicyclic) bond motifs is 1. The maximum Gasteiger partial charge on any atom is 0.243 e. The molecule has 0 aliphatic carbocycles. The lowest BCUT2D eigenvalue weighted by Gasteiger charge is -2.16. The highest BCUT2D eigenvalue weighted by molar-refractivity contribution is 7.89. The first-order valence-electron chi connectivity index (χ1n) is 7.19. The van der Waals surface area contributed by atoms with Crippen LogP contribution in [0.5, 0.6) is 0 Å². The third kappa shape index (κ3) is 2.97. The van der Waals surface area contributed by atoms with E-state index in [2.05, 4.69) is 19.7 Å². The third-order valence-corrected chi connectivity index (χ3v) is 5.47. The highest BCUT2D eigenvalue weighted by atomic mass is 32.2. The van der Waals surface area contributed by atoms with Crippen LogP contribution >= 0.6 is 0 Å². The first-order valence-corrected chi connectivity index (χ1v) is 8.67. The number of hydrogen-bond acceptors (Lipinski definition) is 5. The van der Waals surface area contributed by atoms with Gasteiger partial charge in [-0.05, 0) is 59.9 Å². The molecule has 3 aromatic rings. The van der Waals surface area contributed by atoms with Gasteiger partial charge in [-0.2, -0.15) is 0 Å². The normalized spacial score (nSPS) is 13.3. The fraction of sp³-hybridized carbons (Fsp3) is 0.250. The van der Waals surface area contributed by atoms with Gasteiger partial charge in [0, 0.05) is 6.04 Å². The third-order valence-electron chi connectivity index (χ3n) is 3.90. The molecule has 1 heterocycles. The van der Waals surface area contributed by atoms with Crippen LogP contribution in [0.4, 0.5) is 0 Å². The van der Waals surface area contributed by atoms with Gasteiger partial charge in [0.15, 0.2) is 5.52 Å². The van der Waals surface area contributed by atoms with Crippen molar-refractivity contribution in [3.8, 4) is 0 Å². The summed E-state index contributed by atoms with van der Waals surface area (Å²) in [4.78, 5) is 0.0620. The monoisotopic (exact) mass is 331 g/mol. The van der Waals surface area contributed by atoms with Crippen LogP contribution in [0.2, 0.25) is 0 Å². The minimum absolute atomic E-state index is 0.0620. The average Bonchev–Trinajstić information content (AvgIpc) is 2.97. The van der Waals surface area contributed by atoms with E-state index in [1.165, 1.54) is 11.6 Å². The van der Waals surface area contributed by atoms with E-state index in [1.54, 1.807) is 12.1 Å². The van der Waals surface area contributed by atoms with Crippen molar-refractivity contribution in [1.82, 2.24) is 15.0 Å².